The zero-order valence-corrected chi connectivity index (χ0v) is 23.4. The molecule has 0 bridgehead atoms. The summed E-state index contributed by atoms with van der Waals surface area (Å²) >= 11 is 0. The third-order valence-corrected chi connectivity index (χ3v) is 8.24. The molecular weight excluding hydrogens is 607 g/mol. The van der Waals surface area contributed by atoms with Crippen molar-refractivity contribution in [3.05, 3.63) is 118 Å². The number of benzene rings is 4. The van der Waals surface area contributed by atoms with E-state index in [4.69, 9.17) is 9.47 Å². The predicted octanol–water partition coefficient (Wildman–Crippen LogP) is 9.88. The van der Waals surface area contributed by atoms with E-state index in [0.717, 1.165) is 21.9 Å². The second-order valence-corrected chi connectivity index (χ2v) is 11.6. The minimum Gasteiger partial charge on any atom is -0.489 e. The highest BCUT2D eigenvalue weighted by Gasteiger charge is 2.37. The van der Waals surface area contributed by atoms with Crippen molar-refractivity contribution in [2.24, 2.45) is 0 Å². The summed E-state index contributed by atoms with van der Waals surface area (Å²) in [4.78, 5) is 1.82. The number of aryl methyl sites for hydroxylation is 1. The van der Waals surface area contributed by atoms with Crippen molar-refractivity contribution in [1.82, 2.24) is 0 Å². The van der Waals surface area contributed by atoms with Crippen LogP contribution in [-0.4, -0.2) is 6.26 Å². The van der Waals surface area contributed by atoms with Crippen molar-refractivity contribution in [2.45, 2.75) is 48.5 Å². The summed E-state index contributed by atoms with van der Waals surface area (Å²) in [5.74, 6) is 0.739. The molecule has 0 saturated heterocycles. The van der Waals surface area contributed by atoms with E-state index in [0.29, 0.717) is 29.0 Å². The van der Waals surface area contributed by atoms with E-state index < -0.39 is 52.7 Å². The molecule has 0 radical (unpaired) electrons. The van der Waals surface area contributed by atoms with Crippen molar-refractivity contribution >= 4 is 10.9 Å². The minimum atomic E-state index is -4.94. The van der Waals surface area contributed by atoms with Crippen LogP contribution < -0.4 is 9.47 Å². The molecule has 43 heavy (non-hydrogen) atoms. The Hall–Kier alpha value is -3.80. The van der Waals surface area contributed by atoms with E-state index in [9.17, 15) is 39.5 Å². The number of hydrogen-bond acceptors (Lipinski definition) is 2. The molecule has 2 nitrogen and oxygen atoms in total. The fourth-order valence-electron chi connectivity index (χ4n) is 4.16. The summed E-state index contributed by atoms with van der Waals surface area (Å²) in [5, 5.41) is 0. The van der Waals surface area contributed by atoms with Gasteiger partial charge in [-0.15, -0.1) is 0 Å². The predicted molar refractivity (Wildman–Crippen MR) is 144 cm³/mol. The summed E-state index contributed by atoms with van der Waals surface area (Å²) in [7, 11) is -0.422. The van der Waals surface area contributed by atoms with Crippen molar-refractivity contribution in [2.75, 3.05) is 6.26 Å². The maximum absolute atomic E-state index is 13.1. The topological polar surface area (TPSA) is 18.5 Å². The van der Waals surface area contributed by atoms with Gasteiger partial charge in [0.2, 0.25) is 0 Å². The summed E-state index contributed by atoms with van der Waals surface area (Å²) in [6.45, 7) is 1.05. The largest absolute Gasteiger partial charge is 0.489 e. The Morgan fingerprint density at radius 1 is 0.512 bits per heavy atom. The molecule has 4 rings (SSSR count). The highest BCUT2D eigenvalue weighted by Crippen LogP contribution is 2.37. The molecule has 0 aliphatic rings. The SMILES string of the molecule is Cc1cc(COc2ccc([S+](C)c3ccc(OCc4cc(C(F)(F)F)cc(C(F)(F)F)c4)cc3)cc2)cc(C(F)(F)F)c1. The normalized spacial score (nSPS) is 13.1. The van der Waals surface area contributed by atoms with E-state index in [2.05, 4.69) is 0 Å². The molecule has 0 aliphatic carbocycles. The summed E-state index contributed by atoms with van der Waals surface area (Å²) in [5.41, 5.74) is -2.96. The zero-order chi connectivity index (χ0) is 31.6. The molecule has 0 spiro atoms. The molecule has 1 atom stereocenters. The standard InChI is InChI=1S/C31H24F9O2S/c1-19-11-20(13-22(12-19)29(32,33)34)17-41-25-3-7-27(8-4-25)43(2)28-9-5-26(6-10-28)42-18-21-14-23(30(35,36)37)16-24(15-21)31(38,39)40/h3-16H,17-18H2,1-2H3/q+1. The first-order valence-electron chi connectivity index (χ1n) is 12.6. The van der Waals surface area contributed by atoms with Crippen LogP contribution in [0, 0.1) is 6.92 Å². The molecule has 0 aliphatic heterocycles. The Morgan fingerprint density at radius 3 is 1.23 bits per heavy atom. The highest BCUT2D eigenvalue weighted by molar-refractivity contribution is 7.96. The van der Waals surface area contributed by atoms with Crippen LogP contribution in [-0.2, 0) is 42.6 Å². The lowest BCUT2D eigenvalue weighted by molar-refractivity contribution is -0.143. The number of halogens is 9. The van der Waals surface area contributed by atoms with Gasteiger partial charge in [-0.3, -0.25) is 0 Å². The molecule has 12 heteroatoms. The van der Waals surface area contributed by atoms with E-state index >= 15 is 0 Å². The number of ether oxygens (including phenoxy) is 2. The molecule has 0 heterocycles. The number of alkyl halides is 9. The van der Waals surface area contributed by atoms with Gasteiger partial charge in [-0.05, 0) is 96.9 Å². The molecule has 228 valence electrons. The summed E-state index contributed by atoms with van der Waals surface area (Å²) in [6.07, 6.45) is -12.4. The third kappa shape index (κ3) is 8.62. The summed E-state index contributed by atoms with van der Waals surface area (Å²) in [6, 6.07) is 18.8. The van der Waals surface area contributed by atoms with Gasteiger partial charge < -0.3 is 9.47 Å². The third-order valence-electron chi connectivity index (χ3n) is 6.28. The van der Waals surface area contributed by atoms with Gasteiger partial charge in [-0.25, -0.2) is 0 Å². The van der Waals surface area contributed by atoms with Crippen molar-refractivity contribution < 1.29 is 49.0 Å². The second kappa shape index (κ2) is 12.4. The quantitative estimate of drug-likeness (QED) is 0.142. The molecule has 1 unspecified atom stereocenters. The van der Waals surface area contributed by atoms with E-state index in [-0.39, 0.29) is 24.0 Å². The number of hydrogen-bond donors (Lipinski definition) is 0. The fourth-order valence-corrected chi connectivity index (χ4v) is 5.52. The van der Waals surface area contributed by atoms with Crippen LogP contribution in [0.5, 0.6) is 11.5 Å². The zero-order valence-electron chi connectivity index (χ0n) is 22.6. The maximum Gasteiger partial charge on any atom is 0.416 e. The Kier molecular flexibility index (Phi) is 9.29. The van der Waals surface area contributed by atoms with Gasteiger partial charge in [0, 0.05) is 0 Å². The molecular formula is C31H24F9O2S+. The lowest BCUT2D eigenvalue weighted by Gasteiger charge is -2.14. The van der Waals surface area contributed by atoms with Gasteiger partial charge in [0.05, 0.1) is 27.6 Å². The van der Waals surface area contributed by atoms with Crippen LogP contribution in [0.25, 0.3) is 0 Å². The lowest BCUT2D eigenvalue weighted by Crippen LogP contribution is -2.12. The van der Waals surface area contributed by atoms with Crippen LogP contribution in [0.3, 0.4) is 0 Å². The monoisotopic (exact) mass is 631 g/mol. The van der Waals surface area contributed by atoms with Crippen LogP contribution in [0.2, 0.25) is 0 Å². The Bertz CT molecular complexity index is 1510. The second-order valence-electron chi connectivity index (χ2n) is 9.65. The van der Waals surface area contributed by atoms with Gasteiger partial charge in [0.1, 0.15) is 31.0 Å². The molecule has 4 aromatic rings. The number of rotatable bonds is 8. The molecule has 0 saturated carbocycles. The Morgan fingerprint density at radius 2 is 0.860 bits per heavy atom. The highest BCUT2D eigenvalue weighted by atomic mass is 32.2. The molecule has 4 aromatic carbocycles. The van der Waals surface area contributed by atoms with Crippen LogP contribution in [0.1, 0.15) is 33.4 Å². The first kappa shape index (κ1) is 32.1. The van der Waals surface area contributed by atoms with Gasteiger partial charge in [0.25, 0.3) is 0 Å². The van der Waals surface area contributed by atoms with E-state index in [1.165, 1.54) is 0 Å². The van der Waals surface area contributed by atoms with E-state index in [1.54, 1.807) is 49.4 Å². The van der Waals surface area contributed by atoms with Crippen LogP contribution in [0.4, 0.5) is 39.5 Å². The van der Waals surface area contributed by atoms with Gasteiger partial charge in [0.15, 0.2) is 9.79 Å². The average molecular weight is 632 g/mol. The fraction of sp³-hybridized carbons (Fsp3) is 0.226. The van der Waals surface area contributed by atoms with Crippen molar-refractivity contribution in [3.63, 3.8) is 0 Å². The van der Waals surface area contributed by atoms with Crippen molar-refractivity contribution in [1.29, 1.82) is 0 Å². The lowest BCUT2D eigenvalue weighted by atomic mass is 10.1. The smallest absolute Gasteiger partial charge is 0.416 e. The van der Waals surface area contributed by atoms with Gasteiger partial charge >= 0.3 is 18.5 Å². The van der Waals surface area contributed by atoms with Crippen molar-refractivity contribution in [3.8, 4) is 11.5 Å². The van der Waals surface area contributed by atoms with Crippen LogP contribution >= 0.6 is 0 Å². The molecule has 0 aromatic heterocycles. The van der Waals surface area contributed by atoms with Crippen LogP contribution in [0.15, 0.2) is 94.7 Å². The molecule has 0 amide bonds. The Labute approximate surface area is 244 Å². The molecule has 0 fully saturated rings. The Balaban J connectivity index is 1.38. The average Bonchev–Trinajstić information content (AvgIpc) is 2.93. The maximum atomic E-state index is 13.1. The first-order valence-corrected chi connectivity index (χ1v) is 14.2. The van der Waals surface area contributed by atoms with Gasteiger partial charge in [-0.1, -0.05) is 11.6 Å². The first-order chi connectivity index (χ1) is 20.0. The molecule has 0 N–H and O–H groups in total. The van der Waals surface area contributed by atoms with E-state index in [1.807, 2.05) is 18.4 Å². The van der Waals surface area contributed by atoms with Gasteiger partial charge in [-0.2, -0.15) is 39.5 Å². The summed E-state index contributed by atoms with van der Waals surface area (Å²) < 4.78 is 129. The minimum absolute atomic E-state index is 0.0403.